The first-order chi connectivity index (χ1) is 18.6. The van der Waals surface area contributed by atoms with E-state index in [1.807, 2.05) is 30.0 Å². The molecule has 2 heterocycles. The minimum Gasteiger partial charge on any atom is -0.484 e. The van der Waals surface area contributed by atoms with Crippen molar-refractivity contribution in [3.8, 4) is 11.4 Å². The van der Waals surface area contributed by atoms with E-state index in [1.165, 1.54) is 4.68 Å². The Balaban J connectivity index is 1.34. The van der Waals surface area contributed by atoms with Crippen LogP contribution in [0.4, 0.5) is 5.69 Å². The predicted molar refractivity (Wildman–Crippen MR) is 149 cm³/mol. The van der Waals surface area contributed by atoms with Gasteiger partial charge in [0.05, 0.1) is 30.3 Å². The molecule has 39 heavy (non-hydrogen) atoms. The number of hydrogen-bond acceptors (Lipinski definition) is 8. The summed E-state index contributed by atoms with van der Waals surface area (Å²) in [4.78, 5) is 15.4. The summed E-state index contributed by atoms with van der Waals surface area (Å²) < 4.78 is 41.4. The highest BCUT2D eigenvalue weighted by atomic mass is 32.2. The molecule has 3 fully saturated rings. The minimum absolute atomic E-state index is 0.0227. The monoisotopic (exact) mass is 560 g/mol. The SMILES string of the molecule is CCOCCOc1c(N2CCN(S(=O)(=O)C[C@@]34CCC(CC3O)C4(C)C)CC2)cnn(-c2ccccc2)c1=O. The summed E-state index contributed by atoms with van der Waals surface area (Å²) in [7, 11) is -3.58. The minimum atomic E-state index is -3.58. The lowest BCUT2D eigenvalue weighted by Gasteiger charge is -2.42. The number of hydrogen-bond donors (Lipinski definition) is 1. The number of sulfonamides is 1. The van der Waals surface area contributed by atoms with Crippen LogP contribution in [0.2, 0.25) is 0 Å². The first-order valence-electron chi connectivity index (χ1n) is 13.9. The van der Waals surface area contributed by atoms with Gasteiger partial charge in [-0.25, -0.2) is 8.42 Å². The zero-order valence-corrected chi connectivity index (χ0v) is 23.9. The highest BCUT2D eigenvalue weighted by molar-refractivity contribution is 7.89. The number of ether oxygens (including phenoxy) is 2. The van der Waals surface area contributed by atoms with Gasteiger partial charge in [-0.05, 0) is 49.7 Å². The lowest BCUT2D eigenvalue weighted by Crippen LogP contribution is -2.53. The number of anilines is 1. The molecule has 0 spiro atoms. The summed E-state index contributed by atoms with van der Waals surface area (Å²) in [6.45, 7) is 8.62. The number of piperazine rings is 1. The van der Waals surface area contributed by atoms with Crippen molar-refractivity contribution in [3.05, 3.63) is 46.9 Å². The summed E-state index contributed by atoms with van der Waals surface area (Å²) in [6.07, 6.45) is 3.44. The Hall–Kier alpha value is -2.47. The van der Waals surface area contributed by atoms with Gasteiger partial charge in [-0.1, -0.05) is 32.0 Å². The van der Waals surface area contributed by atoms with Gasteiger partial charge >= 0.3 is 5.56 Å². The van der Waals surface area contributed by atoms with Crippen LogP contribution in [-0.4, -0.2) is 85.5 Å². The largest absolute Gasteiger partial charge is 0.484 e. The van der Waals surface area contributed by atoms with Crippen molar-refractivity contribution in [2.45, 2.75) is 46.1 Å². The molecule has 11 heteroatoms. The zero-order valence-electron chi connectivity index (χ0n) is 23.1. The van der Waals surface area contributed by atoms with E-state index in [2.05, 4.69) is 18.9 Å². The van der Waals surface area contributed by atoms with Crippen molar-refractivity contribution < 1.29 is 23.0 Å². The van der Waals surface area contributed by atoms with Crippen LogP contribution in [0, 0.1) is 16.7 Å². The Morgan fingerprint density at radius 3 is 2.44 bits per heavy atom. The molecule has 1 saturated heterocycles. The van der Waals surface area contributed by atoms with Gasteiger partial charge in [0.25, 0.3) is 0 Å². The molecular weight excluding hydrogens is 520 g/mol. The fraction of sp³-hybridized carbons (Fsp3) is 0.643. The number of benzene rings is 1. The Morgan fingerprint density at radius 2 is 1.82 bits per heavy atom. The summed E-state index contributed by atoms with van der Waals surface area (Å²) in [5.41, 5.74) is -0.00198. The van der Waals surface area contributed by atoms with Crippen LogP contribution in [-0.2, 0) is 14.8 Å². The van der Waals surface area contributed by atoms with Gasteiger partial charge in [0.1, 0.15) is 12.3 Å². The van der Waals surface area contributed by atoms with Crippen molar-refractivity contribution >= 4 is 15.7 Å². The summed E-state index contributed by atoms with van der Waals surface area (Å²) >= 11 is 0. The molecule has 1 aromatic heterocycles. The number of aromatic nitrogens is 2. The average molecular weight is 561 g/mol. The molecule has 3 aliphatic rings. The molecule has 1 N–H and O–H groups in total. The molecule has 1 aliphatic heterocycles. The standard InChI is InChI=1S/C28H40N4O6S/c1-4-37-16-17-38-25-23(19-29-32(26(25)34)22-8-6-5-7-9-22)30-12-14-31(15-13-30)39(35,36)20-28-11-10-21(18-24(28)33)27(28,2)3/h5-9,19,21,24,33H,4,10-18,20H2,1-3H3/t21?,24?,28-/m0/s1. The molecule has 214 valence electrons. The first-order valence-corrected chi connectivity index (χ1v) is 15.5. The van der Waals surface area contributed by atoms with Gasteiger partial charge < -0.3 is 19.5 Å². The molecule has 1 aromatic carbocycles. The Labute approximate surface area is 230 Å². The van der Waals surface area contributed by atoms with E-state index in [4.69, 9.17) is 9.47 Å². The number of rotatable bonds is 10. The number of fused-ring (bicyclic) bond motifs is 2. The maximum atomic E-state index is 13.6. The van der Waals surface area contributed by atoms with E-state index in [-0.39, 0.29) is 29.1 Å². The van der Waals surface area contributed by atoms with Crippen LogP contribution in [0.25, 0.3) is 5.69 Å². The normalized spacial score (nSPS) is 26.7. The third-order valence-electron chi connectivity index (χ3n) is 9.39. The molecule has 2 bridgehead atoms. The van der Waals surface area contributed by atoms with E-state index in [9.17, 15) is 18.3 Å². The maximum Gasteiger partial charge on any atom is 0.316 e. The third kappa shape index (κ3) is 4.98. The number of para-hydroxylation sites is 1. The van der Waals surface area contributed by atoms with Crippen molar-refractivity contribution in [1.82, 2.24) is 14.1 Å². The van der Waals surface area contributed by atoms with Crippen LogP contribution in [0.15, 0.2) is 41.3 Å². The van der Waals surface area contributed by atoms with Crippen LogP contribution < -0.4 is 15.2 Å². The number of aliphatic hydroxyl groups excluding tert-OH is 1. The van der Waals surface area contributed by atoms with Gasteiger partial charge in [-0.2, -0.15) is 14.1 Å². The van der Waals surface area contributed by atoms with Crippen LogP contribution in [0.5, 0.6) is 5.75 Å². The van der Waals surface area contributed by atoms with E-state index < -0.39 is 21.5 Å². The molecule has 0 radical (unpaired) electrons. The van der Waals surface area contributed by atoms with Gasteiger partial charge in [0.15, 0.2) is 0 Å². The average Bonchev–Trinajstić information content (AvgIpc) is 3.26. The van der Waals surface area contributed by atoms with Crippen LogP contribution >= 0.6 is 0 Å². The highest BCUT2D eigenvalue weighted by Gasteiger charge is 2.65. The molecule has 5 rings (SSSR count). The van der Waals surface area contributed by atoms with Crippen molar-refractivity contribution in [1.29, 1.82) is 0 Å². The molecule has 0 amide bonds. The second-order valence-electron chi connectivity index (χ2n) is 11.5. The van der Waals surface area contributed by atoms with Gasteiger partial charge in [0, 0.05) is 38.2 Å². The first kappa shape index (κ1) is 28.1. The number of aliphatic hydroxyl groups is 1. The lowest BCUT2D eigenvalue weighted by atomic mass is 9.70. The number of nitrogens with zero attached hydrogens (tertiary/aromatic N) is 4. The maximum absolute atomic E-state index is 13.6. The second kappa shape index (κ2) is 10.8. The van der Waals surface area contributed by atoms with Gasteiger partial charge in [-0.3, -0.25) is 4.79 Å². The molecule has 2 saturated carbocycles. The smallest absolute Gasteiger partial charge is 0.316 e. The fourth-order valence-electron chi connectivity index (χ4n) is 6.89. The van der Waals surface area contributed by atoms with Crippen LogP contribution in [0.3, 0.4) is 0 Å². The lowest BCUT2D eigenvalue weighted by molar-refractivity contribution is 0.0145. The summed E-state index contributed by atoms with van der Waals surface area (Å²) in [5.74, 6) is 0.522. The summed E-state index contributed by atoms with van der Waals surface area (Å²) in [5, 5.41) is 15.3. The van der Waals surface area contributed by atoms with Crippen LogP contribution in [0.1, 0.15) is 40.0 Å². The van der Waals surface area contributed by atoms with E-state index in [1.54, 1.807) is 22.6 Å². The zero-order chi connectivity index (χ0) is 27.8. The topological polar surface area (TPSA) is 114 Å². The van der Waals surface area contributed by atoms with E-state index >= 15 is 0 Å². The quantitative estimate of drug-likeness (QED) is 0.441. The molecule has 2 aromatic rings. The Bertz CT molecular complexity index is 1320. The second-order valence-corrected chi connectivity index (χ2v) is 13.4. The van der Waals surface area contributed by atoms with Crippen molar-refractivity contribution in [3.63, 3.8) is 0 Å². The van der Waals surface area contributed by atoms with E-state index in [0.29, 0.717) is 63.1 Å². The van der Waals surface area contributed by atoms with Crippen molar-refractivity contribution in [2.75, 3.05) is 56.7 Å². The molecule has 3 atom stereocenters. The molecule has 2 unspecified atom stereocenters. The fourth-order valence-corrected chi connectivity index (χ4v) is 9.16. The Kier molecular flexibility index (Phi) is 7.80. The molecule has 2 aliphatic carbocycles. The third-order valence-corrected chi connectivity index (χ3v) is 11.4. The van der Waals surface area contributed by atoms with E-state index in [0.717, 1.165) is 12.8 Å². The van der Waals surface area contributed by atoms with Crippen molar-refractivity contribution in [2.24, 2.45) is 16.7 Å². The summed E-state index contributed by atoms with van der Waals surface area (Å²) in [6, 6.07) is 9.15. The van der Waals surface area contributed by atoms with Gasteiger partial charge in [0.2, 0.25) is 15.8 Å². The molecular formula is C28H40N4O6S. The molecule has 10 nitrogen and oxygen atoms in total. The predicted octanol–water partition coefficient (Wildman–Crippen LogP) is 2.29. The highest BCUT2D eigenvalue weighted by Crippen LogP contribution is 2.66. The van der Waals surface area contributed by atoms with Gasteiger partial charge in [-0.15, -0.1) is 0 Å². The Morgan fingerprint density at radius 1 is 1.10 bits per heavy atom.